The van der Waals surface area contributed by atoms with E-state index in [0.717, 1.165) is 4.68 Å². The van der Waals surface area contributed by atoms with Gasteiger partial charge in [-0.05, 0) is 10.4 Å². The highest BCUT2D eigenvalue weighted by atomic mass is 19.1. The van der Waals surface area contributed by atoms with E-state index in [1.807, 2.05) is 0 Å². The third-order valence-corrected chi connectivity index (χ3v) is 1.14. The third-order valence-electron chi connectivity index (χ3n) is 1.14. The van der Waals surface area contributed by atoms with Gasteiger partial charge in [0.1, 0.15) is 6.67 Å². The molecule has 1 heterocycles. The Morgan fingerprint density at radius 1 is 1.73 bits per heavy atom. The van der Waals surface area contributed by atoms with Crippen LogP contribution in [0.3, 0.4) is 0 Å². The van der Waals surface area contributed by atoms with Crippen LogP contribution in [-0.2, 0) is 6.54 Å². The third kappa shape index (κ3) is 1.57. The van der Waals surface area contributed by atoms with Gasteiger partial charge in [-0.15, -0.1) is 5.10 Å². The van der Waals surface area contributed by atoms with Crippen molar-refractivity contribution >= 4 is 5.78 Å². The molecular weight excluding hydrogens is 151 g/mol. The van der Waals surface area contributed by atoms with E-state index in [-0.39, 0.29) is 18.2 Å². The molecule has 0 amide bonds. The Bertz CT molecular complexity index is 259. The molecule has 0 aliphatic heterocycles. The second-order valence-corrected chi connectivity index (χ2v) is 1.97. The number of aromatic nitrogens is 4. The molecule has 0 aliphatic carbocycles. The molecule has 0 atom stereocenters. The summed E-state index contributed by atoms with van der Waals surface area (Å²) in [6.07, 6.45) is 0. The maximum Gasteiger partial charge on any atom is 0.217 e. The second kappa shape index (κ2) is 3.18. The maximum absolute atomic E-state index is 11.8. The highest BCUT2D eigenvalue weighted by molar-refractivity contribution is 5.90. The van der Waals surface area contributed by atoms with Crippen molar-refractivity contribution in [2.75, 3.05) is 6.67 Å². The number of hydrogen-bond donors (Lipinski definition) is 0. The molecule has 0 aliphatic rings. The molecule has 1 rings (SSSR count). The van der Waals surface area contributed by atoms with Crippen LogP contribution in [0.2, 0.25) is 0 Å². The van der Waals surface area contributed by atoms with Crippen LogP contribution in [0, 0.1) is 0 Å². The number of aryl methyl sites for hydroxylation is 1. The van der Waals surface area contributed by atoms with E-state index in [1.54, 1.807) is 0 Å². The van der Waals surface area contributed by atoms with Gasteiger partial charge in [0, 0.05) is 6.92 Å². The van der Waals surface area contributed by atoms with E-state index >= 15 is 0 Å². The van der Waals surface area contributed by atoms with Crippen molar-refractivity contribution in [1.82, 2.24) is 20.2 Å². The molecule has 5 nitrogen and oxygen atoms in total. The highest BCUT2D eigenvalue weighted by Crippen LogP contribution is 1.92. The fourth-order valence-electron chi connectivity index (χ4n) is 0.687. The van der Waals surface area contributed by atoms with Crippen LogP contribution in [0.15, 0.2) is 0 Å². The van der Waals surface area contributed by atoms with Gasteiger partial charge in [-0.1, -0.05) is 0 Å². The minimum absolute atomic E-state index is 0.0297. The normalized spacial score (nSPS) is 10.0. The zero-order valence-electron chi connectivity index (χ0n) is 5.99. The lowest BCUT2D eigenvalue weighted by atomic mass is 10.4. The van der Waals surface area contributed by atoms with Gasteiger partial charge in [0.15, 0.2) is 5.78 Å². The number of tetrazole rings is 1. The monoisotopic (exact) mass is 158 g/mol. The van der Waals surface area contributed by atoms with E-state index in [1.165, 1.54) is 6.92 Å². The predicted molar refractivity (Wildman–Crippen MR) is 33.8 cm³/mol. The van der Waals surface area contributed by atoms with Crippen molar-refractivity contribution in [3.8, 4) is 0 Å². The Balaban J connectivity index is 2.87. The second-order valence-electron chi connectivity index (χ2n) is 1.97. The standard InChI is InChI=1S/C5H7FN4O/c1-4(11)5-7-8-9-10(5)3-2-6/h2-3H2,1H3. The van der Waals surface area contributed by atoms with E-state index < -0.39 is 6.67 Å². The van der Waals surface area contributed by atoms with Crippen molar-refractivity contribution < 1.29 is 9.18 Å². The molecule has 0 spiro atoms. The molecular formula is C5H7FN4O. The summed E-state index contributed by atoms with van der Waals surface area (Å²) in [6, 6.07) is 0. The topological polar surface area (TPSA) is 60.7 Å². The lowest BCUT2D eigenvalue weighted by Crippen LogP contribution is -2.10. The lowest BCUT2D eigenvalue weighted by Gasteiger charge is -1.95. The summed E-state index contributed by atoms with van der Waals surface area (Å²) in [6.45, 7) is 0.785. The SMILES string of the molecule is CC(=O)c1nnnn1CCF. The molecule has 0 bridgehead atoms. The molecule has 11 heavy (non-hydrogen) atoms. The molecule has 1 aromatic rings. The Kier molecular flexibility index (Phi) is 2.25. The molecule has 0 saturated heterocycles. The summed E-state index contributed by atoms with van der Waals surface area (Å²) >= 11 is 0. The number of halogens is 1. The maximum atomic E-state index is 11.8. The van der Waals surface area contributed by atoms with Gasteiger partial charge in [-0.3, -0.25) is 4.79 Å². The average molecular weight is 158 g/mol. The van der Waals surface area contributed by atoms with Gasteiger partial charge < -0.3 is 0 Å². The summed E-state index contributed by atoms with van der Waals surface area (Å²) < 4.78 is 12.9. The predicted octanol–water partition coefficient (Wildman–Crippen LogP) is -0.155. The Hall–Kier alpha value is -1.33. The molecule has 1 aromatic heterocycles. The van der Waals surface area contributed by atoms with E-state index in [0.29, 0.717) is 0 Å². The van der Waals surface area contributed by atoms with Crippen LogP contribution in [-0.4, -0.2) is 32.7 Å². The number of ketones is 1. The number of carbonyl (C=O) groups is 1. The van der Waals surface area contributed by atoms with Crippen molar-refractivity contribution in [2.45, 2.75) is 13.5 Å². The number of Topliss-reactive ketones (excluding diaryl/α,β-unsaturated/α-hetero) is 1. The van der Waals surface area contributed by atoms with Crippen molar-refractivity contribution in [3.05, 3.63) is 5.82 Å². The number of nitrogens with zero attached hydrogens (tertiary/aromatic N) is 4. The van der Waals surface area contributed by atoms with Gasteiger partial charge in [0.05, 0.1) is 6.54 Å². The molecule has 0 radical (unpaired) electrons. The first kappa shape index (κ1) is 7.77. The first-order valence-electron chi connectivity index (χ1n) is 3.08. The van der Waals surface area contributed by atoms with E-state index in [4.69, 9.17) is 0 Å². The van der Waals surface area contributed by atoms with E-state index in [2.05, 4.69) is 15.5 Å². The number of carbonyl (C=O) groups excluding carboxylic acids is 1. The number of rotatable bonds is 3. The molecule has 0 unspecified atom stereocenters. The van der Waals surface area contributed by atoms with Crippen molar-refractivity contribution in [1.29, 1.82) is 0 Å². The number of alkyl halides is 1. The van der Waals surface area contributed by atoms with Crippen LogP contribution in [0.25, 0.3) is 0 Å². The fraction of sp³-hybridized carbons (Fsp3) is 0.600. The Morgan fingerprint density at radius 2 is 2.45 bits per heavy atom. The molecule has 6 heteroatoms. The molecule has 0 N–H and O–H groups in total. The summed E-state index contributed by atoms with van der Waals surface area (Å²) in [7, 11) is 0. The van der Waals surface area contributed by atoms with Crippen LogP contribution < -0.4 is 0 Å². The zero-order valence-corrected chi connectivity index (χ0v) is 5.99. The van der Waals surface area contributed by atoms with Crippen LogP contribution in [0.5, 0.6) is 0 Å². The Morgan fingerprint density at radius 3 is 3.00 bits per heavy atom. The molecule has 0 fully saturated rings. The van der Waals surface area contributed by atoms with Gasteiger partial charge in [0.2, 0.25) is 5.82 Å². The van der Waals surface area contributed by atoms with Gasteiger partial charge in [-0.2, -0.15) is 0 Å². The largest absolute Gasteiger partial charge is 0.291 e. The average Bonchev–Trinajstić information content (AvgIpc) is 2.36. The first-order chi connectivity index (χ1) is 5.25. The van der Waals surface area contributed by atoms with Crippen LogP contribution >= 0.6 is 0 Å². The molecule has 60 valence electrons. The van der Waals surface area contributed by atoms with E-state index in [9.17, 15) is 9.18 Å². The van der Waals surface area contributed by atoms with Crippen LogP contribution in [0.1, 0.15) is 17.5 Å². The fourth-order valence-corrected chi connectivity index (χ4v) is 0.687. The minimum Gasteiger partial charge on any atom is -0.291 e. The van der Waals surface area contributed by atoms with Gasteiger partial charge in [-0.25, -0.2) is 9.07 Å². The summed E-state index contributed by atoms with van der Waals surface area (Å²) in [4.78, 5) is 10.7. The van der Waals surface area contributed by atoms with Gasteiger partial charge in [0.25, 0.3) is 0 Å². The minimum atomic E-state index is -0.578. The lowest BCUT2D eigenvalue weighted by molar-refractivity contribution is 0.0997. The smallest absolute Gasteiger partial charge is 0.217 e. The summed E-state index contributed by atoms with van der Waals surface area (Å²) in [5.74, 6) is -0.161. The Labute approximate surface area is 62.2 Å². The first-order valence-corrected chi connectivity index (χ1v) is 3.08. The van der Waals surface area contributed by atoms with Crippen LogP contribution in [0.4, 0.5) is 4.39 Å². The summed E-state index contributed by atoms with van der Waals surface area (Å²) in [5.41, 5.74) is 0. The van der Waals surface area contributed by atoms with Gasteiger partial charge >= 0.3 is 0 Å². The molecule has 0 saturated carbocycles. The highest BCUT2D eigenvalue weighted by Gasteiger charge is 2.09. The zero-order chi connectivity index (χ0) is 8.27. The van der Waals surface area contributed by atoms with Crippen molar-refractivity contribution in [2.24, 2.45) is 0 Å². The van der Waals surface area contributed by atoms with Crippen molar-refractivity contribution in [3.63, 3.8) is 0 Å². The quantitative estimate of drug-likeness (QED) is 0.574. The summed E-state index contributed by atoms with van der Waals surface area (Å²) in [5, 5.41) is 10.1. The molecule has 0 aromatic carbocycles. The number of hydrogen-bond acceptors (Lipinski definition) is 4.